The van der Waals surface area contributed by atoms with Crippen molar-refractivity contribution in [3.8, 4) is 0 Å². The minimum absolute atomic E-state index is 0.0306. The second-order valence-corrected chi connectivity index (χ2v) is 7.79. The van der Waals surface area contributed by atoms with Crippen LogP contribution in [-0.2, 0) is 21.4 Å². The molecule has 2 aromatic rings. The normalized spacial score (nSPS) is 11.3. The van der Waals surface area contributed by atoms with Crippen LogP contribution in [0.4, 0.5) is 11.4 Å². The van der Waals surface area contributed by atoms with E-state index in [4.69, 9.17) is 4.74 Å². The van der Waals surface area contributed by atoms with Crippen LogP contribution in [0.1, 0.15) is 38.3 Å². The number of anilines is 2. The first-order chi connectivity index (χ1) is 13.8. The van der Waals surface area contributed by atoms with Crippen LogP contribution in [0.25, 0.3) is 0 Å². The summed E-state index contributed by atoms with van der Waals surface area (Å²) in [6.45, 7) is 10.1. The van der Waals surface area contributed by atoms with E-state index in [1.54, 1.807) is 6.92 Å². The van der Waals surface area contributed by atoms with E-state index in [0.717, 1.165) is 17.7 Å². The molecule has 2 rings (SSSR count). The summed E-state index contributed by atoms with van der Waals surface area (Å²) < 4.78 is 5.13. The van der Waals surface area contributed by atoms with Crippen molar-refractivity contribution in [2.24, 2.45) is 0 Å². The maximum atomic E-state index is 11.4. The van der Waals surface area contributed by atoms with Crippen LogP contribution >= 0.6 is 0 Å². The number of nitrogens with one attached hydrogen (secondary N) is 2. The molecule has 0 saturated carbocycles. The number of esters is 1. The van der Waals surface area contributed by atoms with Crippen LogP contribution in [-0.4, -0.2) is 19.6 Å². The Kier molecular flexibility index (Phi) is 8.08. The second-order valence-electron chi connectivity index (χ2n) is 7.79. The van der Waals surface area contributed by atoms with Gasteiger partial charge in [0, 0.05) is 30.4 Å². The fourth-order valence-electron chi connectivity index (χ4n) is 3.06. The van der Waals surface area contributed by atoms with Gasteiger partial charge in [-0.3, -0.25) is 0 Å². The highest BCUT2D eigenvalue weighted by molar-refractivity contribution is 5.86. The number of allylic oxidation sites excluding steroid dienone is 1. The molecule has 154 valence electrons. The maximum Gasteiger partial charge on any atom is 0.333 e. The monoisotopic (exact) mass is 392 g/mol. The van der Waals surface area contributed by atoms with E-state index >= 15 is 0 Å². The van der Waals surface area contributed by atoms with Gasteiger partial charge in [0.15, 0.2) is 0 Å². The van der Waals surface area contributed by atoms with Crippen molar-refractivity contribution in [2.75, 3.05) is 24.3 Å². The molecular formula is C25H32N2O2. The lowest BCUT2D eigenvalue weighted by molar-refractivity contribution is -0.138. The smallest absolute Gasteiger partial charge is 0.333 e. The molecule has 2 aromatic carbocycles. The second kappa shape index (κ2) is 10.5. The third kappa shape index (κ3) is 6.83. The van der Waals surface area contributed by atoms with Crippen molar-refractivity contribution in [1.82, 2.24) is 0 Å². The molecule has 0 fully saturated rings. The molecule has 0 saturated heterocycles. The van der Waals surface area contributed by atoms with Crippen LogP contribution in [0.15, 0.2) is 73.0 Å². The van der Waals surface area contributed by atoms with Crippen molar-refractivity contribution >= 4 is 17.3 Å². The SMILES string of the molecule is C=C(C)C(=O)OCCc1ccc(N/C=C/CC(C)(C)c2ccccc2NC)cc1. The average Bonchev–Trinajstić information content (AvgIpc) is 2.72. The van der Waals surface area contributed by atoms with E-state index in [1.807, 2.05) is 37.5 Å². The topological polar surface area (TPSA) is 50.4 Å². The number of para-hydroxylation sites is 1. The zero-order chi connectivity index (χ0) is 21.3. The lowest BCUT2D eigenvalue weighted by Crippen LogP contribution is -2.18. The highest BCUT2D eigenvalue weighted by Gasteiger charge is 2.21. The van der Waals surface area contributed by atoms with Gasteiger partial charge < -0.3 is 15.4 Å². The first-order valence-electron chi connectivity index (χ1n) is 9.94. The molecule has 0 atom stereocenters. The molecule has 0 aliphatic carbocycles. The molecule has 0 aromatic heterocycles. The van der Waals surface area contributed by atoms with Gasteiger partial charge >= 0.3 is 5.97 Å². The van der Waals surface area contributed by atoms with Gasteiger partial charge in [-0.15, -0.1) is 0 Å². The van der Waals surface area contributed by atoms with E-state index in [2.05, 4.69) is 61.4 Å². The molecule has 0 amide bonds. The minimum atomic E-state index is -0.339. The molecule has 2 N–H and O–H groups in total. The number of ether oxygens (including phenoxy) is 1. The van der Waals surface area contributed by atoms with Gasteiger partial charge in [0.1, 0.15) is 0 Å². The standard InChI is InChI=1S/C25H32N2O2/c1-19(2)24(28)29-18-15-20-11-13-21(14-12-20)27-17-8-16-25(3,4)22-9-6-7-10-23(22)26-5/h6-14,17,26-27H,1,15-16,18H2,2-5H3/b17-8+. The Bertz CT molecular complexity index is 851. The van der Waals surface area contributed by atoms with Crippen LogP contribution in [0.2, 0.25) is 0 Å². The quantitative estimate of drug-likeness (QED) is 0.403. The summed E-state index contributed by atoms with van der Waals surface area (Å²) in [7, 11) is 1.96. The fraction of sp³-hybridized carbons (Fsp3) is 0.320. The maximum absolute atomic E-state index is 11.4. The summed E-state index contributed by atoms with van der Waals surface area (Å²) in [6.07, 6.45) is 5.77. The Morgan fingerprint density at radius 1 is 1.14 bits per heavy atom. The van der Waals surface area contributed by atoms with Gasteiger partial charge in [0.25, 0.3) is 0 Å². The number of hydrogen-bond donors (Lipinski definition) is 2. The molecular weight excluding hydrogens is 360 g/mol. The van der Waals surface area contributed by atoms with E-state index in [9.17, 15) is 4.79 Å². The van der Waals surface area contributed by atoms with E-state index in [0.29, 0.717) is 18.6 Å². The summed E-state index contributed by atoms with van der Waals surface area (Å²) in [4.78, 5) is 11.4. The molecule has 0 unspecified atom stereocenters. The lowest BCUT2D eigenvalue weighted by atomic mass is 9.80. The third-order valence-electron chi connectivity index (χ3n) is 4.85. The number of carbonyl (C=O) groups excluding carboxylic acids is 1. The predicted molar refractivity (Wildman–Crippen MR) is 122 cm³/mol. The largest absolute Gasteiger partial charge is 0.462 e. The number of benzene rings is 2. The molecule has 0 aliphatic rings. The van der Waals surface area contributed by atoms with Crippen molar-refractivity contribution in [1.29, 1.82) is 0 Å². The van der Waals surface area contributed by atoms with Crippen LogP contribution in [0.3, 0.4) is 0 Å². The summed E-state index contributed by atoms with van der Waals surface area (Å²) in [5.74, 6) is -0.339. The van der Waals surface area contributed by atoms with Gasteiger partial charge in [-0.05, 0) is 54.3 Å². The van der Waals surface area contributed by atoms with Gasteiger partial charge in [-0.2, -0.15) is 0 Å². The third-order valence-corrected chi connectivity index (χ3v) is 4.85. The van der Waals surface area contributed by atoms with Gasteiger partial charge in [-0.25, -0.2) is 4.79 Å². The molecule has 0 radical (unpaired) electrons. The van der Waals surface area contributed by atoms with Crippen molar-refractivity contribution < 1.29 is 9.53 Å². The van der Waals surface area contributed by atoms with Crippen LogP contribution < -0.4 is 10.6 Å². The van der Waals surface area contributed by atoms with E-state index in [-0.39, 0.29) is 11.4 Å². The Labute approximate surface area is 174 Å². The lowest BCUT2D eigenvalue weighted by Gasteiger charge is -2.26. The number of carbonyl (C=O) groups is 1. The van der Waals surface area contributed by atoms with E-state index < -0.39 is 0 Å². The highest BCUT2D eigenvalue weighted by Crippen LogP contribution is 2.32. The number of rotatable bonds is 10. The Hall–Kier alpha value is -3.01. The average molecular weight is 393 g/mol. The highest BCUT2D eigenvalue weighted by atomic mass is 16.5. The zero-order valence-electron chi connectivity index (χ0n) is 17.9. The molecule has 0 bridgehead atoms. The molecule has 0 aliphatic heterocycles. The Balaban J connectivity index is 1.84. The zero-order valence-corrected chi connectivity index (χ0v) is 17.9. The Morgan fingerprint density at radius 3 is 2.48 bits per heavy atom. The molecule has 4 heteroatoms. The first-order valence-corrected chi connectivity index (χ1v) is 9.94. The molecule has 29 heavy (non-hydrogen) atoms. The number of hydrogen-bond acceptors (Lipinski definition) is 4. The van der Waals surface area contributed by atoms with Crippen LogP contribution in [0.5, 0.6) is 0 Å². The van der Waals surface area contributed by atoms with Crippen molar-refractivity contribution in [2.45, 2.75) is 39.0 Å². The first kappa shape index (κ1) is 22.3. The van der Waals surface area contributed by atoms with Gasteiger partial charge in [-0.1, -0.05) is 56.8 Å². The van der Waals surface area contributed by atoms with Crippen molar-refractivity contribution in [3.05, 3.63) is 84.1 Å². The predicted octanol–water partition coefficient (Wildman–Crippen LogP) is 5.68. The van der Waals surface area contributed by atoms with Gasteiger partial charge in [0.05, 0.1) is 6.61 Å². The van der Waals surface area contributed by atoms with Crippen LogP contribution in [0, 0.1) is 0 Å². The van der Waals surface area contributed by atoms with E-state index in [1.165, 1.54) is 11.3 Å². The Morgan fingerprint density at radius 2 is 1.83 bits per heavy atom. The molecule has 4 nitrogen and oxygen atoms in total. The molecule has 0 heterocycles. The minimum Gasteiger partial charge on any atom is -0.462 e. The summed E-state index contributed by atoms with van der Waals surface area (Å²) in [5.41, 5.74) is 5.08. The summed E-state index contributed by atoms with van der Waals surface area (Å²) >= 11 is 0. The molecule has 0 spiro atoms. The summed E-state index contributed by atoms with van der Waals surface area (Å²) in [6, 6.07) is 16.6. The van der Waals surface area contributed by atoms with Crippen molar-refractivity contribution in [3.63, 3.8) is 0 Å². The fourth-order valence-corrected chi connectivity index (χ4v) is 3.06. The summed E-state index contributed by atoms with van der Waals surface area (Å²) in [5, 5.41) is 6.60. The van der Waals surface area contributed by atoms with Gasteiger partial charge in [0.2, 0.25) is 0 Å².